The normalized spacial score (nSPS) is 10.8. The molecule has 0 aliphatic rings. The summed E-state index contributed by atoms with van der Waals surface area (Å²) in [5, 5.41) is 6.73. The Labute approximate surface area is 185 Å². The van der Waals surface area contributed by atoms with E-state index in [0.29, 0.717) is 19.4 Å². The molecule has 1 aromatic heterocycles. The molecular formula is C26H24FN3O2. The zero-order chi connectivity index (χ0) is 22.5. The second kappa shape index (κ2) is 9.47. The highest BCUT2D eigenvalue weighted by atomic mass is 19.1. The number of anilines is 1. The van der Waals surface area contributed by atoms with E-state index in [1.54, 1.807) is 12.1 Å². The molecule has 0 spiro atoms. The molecule has 6 heteroatoms. The van der Waals surface area contributed by atoms with Crippen LogP contribution in [0.1, 0.15) is 24.5 Å². The van der Waals surface area contributed by atoms with E-state index < -0.39 is 0 Å². The van der Waals surface area contributed by atoms with E-state index in [2.05, 4.69) is 15.6 Å². The SMILES string of the molecule is CC(=O)Nc1ccc(CNC(=O)CCc2c(-c3ccc(F)cc3)[nH]c3ccccc23)cc1. The first kappa shape index (κ1) is 21.3. The number of carbonyl (C=O) groups is 2. The third-order valence-corrected chi connectivity index (χ3v) is 5.31. The van der Waals surface area contributed by atoms with E-state index in [-0.39, 0.29) is 17.6 Å². The Balaban J connectivity index is 1.43. The number of amides is 2. The second-order valence-electron chi connectivity index (χ2n) is 7.69. The van der Waals surface area contributed by atoms with Crippen molar-refractivity contribution in [1.82, 2.24) is 10.3 Å². The summed E-state index contributed by atoms with van der Waals surface area (Å²) >= 11 is 0. The Hall–Kier alpha value is -3.93. The Bertz CT molecular complexity index is 1240. The molecule has 2 amide bonds. The van der Waals surface area contributed by atoms with Crippen molar-refractivity contribution in [2.75, 3.05) is 5.32 Å². The van der Waals surface area contributed by atoms with Gasteiger partial charge in [-0.2, -0.15) is 0 Å². The molecular weight excluding hydrogens is 405 g/mol. The number of nitrogens with one attached hydrogen (secondary N) is 3. The number of para-hydroxylation sites is 1. The summed E-state index contributed by atoms with van der Waals surface area (Å²) < 4.78 is 13.4. The third kappa shape index (κ3) is 5.03. The molecule has 0 saturated heterocycles. The number of aromatic nitrogens is 1. The second-order valence-corrected chi connectivity index (χ2v) is 7.69. The van der Waals surface area contributed by atoms with Crippen molar-refractivity contribution in [1.29, 1.82) is 0 Å². The zero-order valence-electron chi connectivity index (χ0n) is 17.7. The molecule has 4 rings (SSSR count). The fourth-order valence-electron chi connectivity index (χ4n) is 3.76. The van der Waals surface area contributed by atoms with Crippen LogP contribution in [0, 0.1) is 5.82 Å². The first-order valence-corrected chi connectivity index (χ1v) is 10.5. The van der Waals surface area contributed by atoms with Crippen molar-refractivity contribution in [2.24, 2.45) is 0 Å². The molecule has 0 radical (unpaired) electrons. The lowest BCUT2D eigenvalue weighted by Crippen LogP contribution is -2.23. The van der Waals surface area contributed by atoms with Crippen LogP contribution in [0.4, 0.5) is 10.1 Å². The predicted octanol–water partition coefficient (Wildman–Crippen LogP) is 5.18. The van der Waals surface area contributed by atoms with Crippen molar-refractivity contribution in [3.05, 3.63) is 89.7 Å². The summed E-state index contributed by atoms with van der Waals surface area (Å²) in [7, 11) is 0. The Morgan fingerprint density at radius 1 is 0.938 bits per heavy atom. The highest BCUT2D eigenvalue weighted by Crippen LogP contribution is 2.31. The molecule has 4 aromatic rings. The quantitative estimate of drug-likeness (QED) is 0.379. The van der Waals surface area contributed by atoms with E-state index in [9.17, 15) is 14.0 Å². The van der Waals surface area contributed by atoms with Gasteiger partial charge in [0.2, 0.25) is 11.8 Å². The van der Waals surface area contributed by atoms with E-state index >= 15 is 0 Å². The van der Waals surface area contributed by atoms with Gasteiger partial charge in [0.1, 0.15) is 5.82 Å². The molecule has 162 valence electrons. The van der Waals surface area contributed by atoms with E-state index in [1.807, 2.05) is 48.5 Å². The van der Waals surface area contributed by atoms with Crippen LogP contribution in [0.15, 0.2) is 72.8 Å². The van der Waals surface area contributed by atoms with Crippen LogP contribution >= 0.6 is 0 Å². The maximum Gasteiger partial charge on any atom is 0.221 e. The molecule has 5 nitrogen and oxygen atoms in total. The average Bonchev–Trinajstić information content (AvgIpc) is 3.16. The molecule has 0 saturated carbocycles. The zero-order valence-corrected chi connectivity index (χ0v) is 17.7. The Kier molecular flexibility index (Phi) is 6.31. The number of fused-ring (bicyclic) bond motifs is 1. The maximum absolute atomic E-state index is 13.4. The molecule has 0 bridgehead atoms. The molecule has 1 heterocycles. The lowest BCUT2D eigenvalue weighted by atomic mass is 10.0. The number of aryl methyl sites for hydroxylation is 1. The van der Waals surface area contributed by atoms with Crippen LogP contribution in [0.2, 0.25) is 0 Å². The summed E-state index contributed by atoms with van der Waals surface area (Å²) in [6.07, 6.45) is 0.893. The summed E-state index contributed by atoms with van der Waals surface area (Å²) in [5.41, 5.74) is 5.50. The minimum Gasteiger partial charge on any atom is -0.354 e. The summed E-state index contributed by atoms with van der Waals surface area (Å²) in [5.74, 6) is -0.453. The number of benzene rings is 3. The highest BCUT2D eigenvalue weighted by Gasteiger charge is 2.14. The average molecular weight is 429 g/mol. The number of aromatic amines is 1. The highest BCUT2D eigenvalue weighted by molar-refractivity contribution is 5.91. The first-order chi connectivity index (χ1) is 15.5. The van der Waals surface area contributed by atoms with Crippen molar-refractivity contribution < 1.29 is 14.0 Å². The molecule has 3 N–H and O–H groups in total. The molecule has 0 atom stereocenters. The van der Waals surface area contributed by atoms with Crippen molar-refractivity contribution in [2.45, 2.75) is 26.3 Å². The van der Waals surface area contributed by atoms with Crippen LogP contribution in [0.5, 0.6) is 0 Å². The minimum absolute atomic E-state index is 0.0497. The van der Waals surface area contributed by atoms with Crippen LogP contribution in [-0.2, 0) is 22.6 Å². The van der Waals surface area contributed by atoms with Gasteiger partial charge in [-0.25, -0.2) is 4.39 Å². The van der Waals surface area contributed by atoms with Crippen LogP contribution < -0.4 is 10.6 Å². The van der Waals surface area contributed by atoms with Crippen LogP contribution in [0.25, 0.3) is 22.2 Å². The van der Waals surface area contributed by atoms with Gasteiger partial charge in [0, 0.05) is 42.2 Å². The van der Waals surface area contributed by atoms with E-state index in [1.165, 1.54) is 19.1 Å². The summed E-state index contributed by atoms with van der Waals surface area (Å²) in [6.45, 7) is 1.88. The lowest BCUT2D eigenvalue weighted by molar-refractivity contribution is -0.121. The van der Waals surface area contributed by atoms with Crippen molar-refractivity contribution in [3.8, 4) is 11.3 Å². The van der Waals surface area contributed by atoms with E-state index in [4.69, 9.17) is 0 Å². The van der Waals surface area contributed by atoms with Gasteiger partial charge >= 0.3 is 0 Å². The number of carbonyl (C=O) groups excluding carboxylic acids is 2. The van der Waals surface area contributed by atoms with Crippen molar-refractivity contribution >= 4 is 28.4 Å². The first-order valence-electron chi connectivity index (χ1n) is 10.5. The Morgan fingerprint density at radius 3 is 2.38 bits per heavy atom. The van der Waals surface area contributed by atoms with Gasteiger partial charge in [0.15, 0.2) is 0 Å². The van der Waals surface area contributed by atoms with Gasteiger partial charge in [-0.1, -0.05) is 30.3 Å². The van der Waals surface area contributed by atoms with Gasteiger partial charge in [-0.15, -0.1) is 0 Å². The molecule has 0 aliphatic heterocycles. The largest absolute Gasteiger partial charge is 0.354 e. The number of hydrogen-bond donors (Lipinski definition) is 3. The number of H-pyrrole nitrogens is 1. The summed E-state index contributed by atoms with van der Waals surface area (Å²) in [6, 6.07) is 21.7. The fourth-order valence-corrected chi connectivity index (χ4v) is 3.76. The van der Waals surface area contributed by atoms with E-state index in [0.717, 1.165) is 39.0 Å². The fraction of sp³-hybridized carbons (Fsp3) is 0.154. The summed E-state index contributed by atoms with van der Waals surface area (Å²) in [4.78, 5) is 27.0. The van der Waals surface area contributed by atoms with Gasteiger partial charge in [-0.05, 0) is 65.6 Å². The maximum atomic E-state index is 13.4. The minimum atomic E-state index is -0.282. The Morgan fingerprint density at radius 2 is 1.66 bits per heavy atom. The molecule has 32 heavy (non-hydrogen) atoms. The smallest absolute Gasteiger partial charge is 0.221 e. The lowest BCUT2D eigenvalue weighted by Gasteiger charge is -2.08. The topological polar surface area (TPSA) is 74.0 Å². The van der Waals surface area contributed by atoms with Crippen LogP contribution in [-0.4, -0.2) is 16.8 Å². The van der Waals surface area contributed by atoms with Gasteiger partial charge in [0.25, 0.3) is 0 Å². The molecule has 0 unspecified atom stereocenters. The predicted molar refractivity (Wildman–Crippen MR) is 125 cm³/mol. The number of hydrogen-bond acceptors (Lipinski definition) is 2. The standard InChI is InChI=1S/C26H24FN3O2/c1-17(31)29-21-12-6-18(7-13-21)16-28-25(32)15-14-23-22-4-2-3-5-24(22)30-26(23)19-8-10-20(27)11-9-19/h2-13,30H,14-16H2,1H3,(H,28,32)(H,29,31). The third-order valence-electron chi connectivity index (χ3n) is 5.31. The van der Waals surface area contributed by atoms with Crippen LogP contribution in [0.3, 0.4) is 0 Å². The van der Waals surface area contributed by atoms with Gasteiger partial charge in [0.05, 0.1) is 0 Å². The van der Waals surface area contributed by atoms with Gasteiger partial charge in [-0.3, -0.25) is 9.59 Å². The molecule has 0 fully saturated rings. The number of rotatable bonds is 7. The molecule has 0 aliphatic carbocycles. The number of halogens is 1. The monoisotopic (exact) mass is 429 g/mol. The van der Waals surface area contributed by atoms with Gasteiger partial charge < -0.3 is 15.6 Å². The molecule has 3 aromatic carbocycles. The van der Waals surface area contributed by atoms with Crippen molar-refractivity contribution in [3.63, 3.8) is 0 Å².